The Morgan fingerprint density at radius 2 is 2.25 bits per heavy atom. The van der Waals surface area contributed by atoms with Crippen molar-refractivity contribution in [2.75, 3.05) is 6.54 Å². The SMILES string of the molecule is O=C(NC[C@@H]1CC=CCC1)c1cccc(Cl)c1[N+](=O)[O-]. The molecule has 0 aromatic heterocycles. The van der Waals surface area contributed by atoms with E-state index in [0.717, 1.165) is 19.3 Å². The van der Waals surface area contributed by atoms with Crippen LogP contribution in [0.1, 0.15) is 29.6 Å². The van der Waals surface area contributed by atoms with Gasteiger partial charge in [0, 0.05) is 6.54 Å². The highest BCUT2D eigenvalue weighted by Gasteiger charge is 2.23. The highest BCUT2D eigenvalue weighted by atomic mass is 35.5. The average Bonchev–Trinajstić information content (AvgIpc) is 2.45. The highest BCUT2D eigenvalue weighted by Crippen LogP contribution is 2.28. The second-order valence-corrected chi connectivity index (χ2v) is 5.16. The van der Waals surface area contributed by atoms with Gasteiger partial charge in [-0.05, 0) is 37.3 Å². The number of amides is 1. The van der Waals surface area contributed by atoms with Crippen LogP contribution in [-0.4, -0.2) is 17.4 Å². The first-order chi connectivity index (χ1) is 9.59. The predicted octanol–water partition coefficient (Wildman–Crippen LogP) is 3.33. The summed E-state index contributed by atoms with van der Waals surface area (Å²) in [6.45, 7) is 0.521. The molecule has 1 aromatic rings. The first-order valence-corrected chi connectivity index (χ1v) is 6.83. The molecule has 0 saturated carbocycles. The number of nitro benzene ring substituents is 1. The molecule has 1 N–H and O–H groups in total. The van der Waals surface area contributed by atoms with E-state index < -0.39 is 10.8 Å². The Kier molecular flexibility index (Phi) is 4.74. The van der Waals surface area contributed by atoms with E-state index >= 15 is 0 Å². The molecule has 1 aliphatic rings. The third-order valence-corrected chi connectivity index (χ3v) is 3.65. The predicted molar refractivity (Wildman–Crippen MR) is 76.9 cm³/mol. The molecule has 20 heavy (non-hydrogen) atoms. The van der Waals surface area contributed by atoms with Crippen molar-refractivity contribution in [1.82, 2.24) is 5.32 Å². The summed E-state index contributed by atoms with van der Waals surface area (Å²) in [6, 6.07) is 4.36. The smallest absolute Gasteiger partial charge is 0.300 e. The summed E-state index contributed by atoms with van der Waals surface area (Å²) in [6.07, 6.45) is 7.19. The monoisotopic (exact) mass is 294 g/mol. The van der Waals surface area contributed by atoms with Crippen LogP contribution in [0.4, 0.5) is 5.69 Å². The zero-order chi connectivity index (χ0) is 14.5. The lowest BCUT2D eigenvalue weighted by molar-refractivity contribution is -0.385. The Bertz CT molecular complexity index is 557. The third-order valence-electron chi connectivity index (χ3n) is 3.34. The van der Waals surface area contributed by atoms with Crippen LogP contribution in [0, 0.1) is 16.0 Å². The minimum absolute atomic E-state index is 0.00820. The van der Waals surface area contributed by atoms with Crippen molar-refractivity contribution >= 4 is 23.2 Å². The Labute approximate surface area is 121 Å². The summed E-state index contributed by atoms with van der Waals surface area (Å²) in [5.74, 6) is -0.0593. The van der Waals surface area contributed by atoms with Gasteiger partial charge in [-0.25, -0.2) is 0 Å². The topological polar surface area (TPSA) is 72.2 Å². The molecular formula is C14H15ClN2O3. The fourth-order valence-corrected chi connectivity index (χ4v) is 2.50. The van der Waals surface area contributed by atoms with Gasteiger partial charge in [0.25, 0.3) is 5.91 Å². The van der Waals surface area contributed by atoms with Gasteiger partial charge in [-0.3, -0.25) is 14.9 Å². The summed E-state index contributed by atoms with van der Waals surface area (Å²) < 4.78 is 0. The maximum atomic E-state index is 12.1. The number of hydrogen-bond acceptors (Lipinski definition) is 3. The number of carbonyl (C=O) groups excluding carboxylic acids is 1. The molecule has 0 fully saturated rings. The van der Waals surface area contributed by atoms with Crippen molar-refractivity contribution < 1.29 is 9.72 Å². The van der Waals surface area contributed by atoms with E-state index in [9.17, 15) is 14.9 Å². The number of para-hydroxylation sites is 1. The second kappa shape index (κ2) is 6.52. The molecule has 0 bridgehead atoms. The molecule has 5 nitrogen and oxygen atoms in total. The number of carbonyl (C=O) groups is 1. The molecule has 0 unspecified atom stereocenters. The van der Waals surface area contributed by atoms with Crippen LogP contribution in [0.2, 0.25) is 5.02 Å². The van der Waals surface area contributed by atoms with Crippen LogP contribution in [0.5, 0.6) is 0 Å². The van der Waals surface area contributed by atoms with Gasteiger partial charge in [-0.1, -0.05) is 29.8 Å². The number of rotatable bonds is 4. The van der Waals surface area contributed by atoms with Crippen molar-refractivity contribution in [3.8, 4) is 0 Å². The van der Waals surface area contributed by atoms with Gasteiger partial charge in [-0.15, -0.1) is 0 Å². The van der Waals surface area contributed by atoms with Crippen molar-refractivity contribution in [2.24, 2.45) is 5.92 Å². The van der Waals surface area contributed by atoms with E-state index in [2.05, 4.69) is 17.5 Å². The second-order valence-electron chi connectivity index (χ2n) is 4.75. The molecule has 1 atom stereocenters. The standard InChI is InChI=1S/C14H15ClN2O3/c15-12-8-4-7-11(13(12)17(19)20)14(18)16-9-10-5-2-1-3-6-10/h1-2,4,7-8,10H,3,5-6,9H2,(H,16,18)/t10-/m1/s1. The van der Waals surface area contributed by atoms with Gasteiger partial charge < -0.3 is 5.32 Å². The van der Waals surface area contributed by atoms with Crippen molar-refractivity contribution in [2.45, 2.75) is 19.3 Å². The number of nitrogens with zero attached hydrogens (tertiary/aromatic N) is 1. The molecule has 0 aliphatic heterocycles. The lowest BCUT2D eigenvalue weighted by Crippen LogP contribution is -2.30. The van der Waals surface area contributed by atoms with E-state index in [1.54, 1.807) is 0 Å². The molecule has 106 valence electrons. The van der Waals surface area contributed by atoms with Crippen LogP contribution >= 0.6 is 11.6 Å². The Morgan fingerprint density at radius 1 is 1.45 bits per heavy atom. The minimum atomic E-state index is -0.624. The van der Waals surface area contributed by atoms with Crippen molar-refractivity contribution in [3.05, 3.63) is 51.1 Å². The number of nitrogens with one attached hydrogen (secondary N) is 1. The number of allylic oxidation sites excluding steroid dienone is 2. The van der Waals surface area contributed by atoms with Crippen LogP contribution in [-0.2, 0) is 0 Å². The van der Waals surface area contributed by atoms with Gasteiger partial charge in [0.05, 0.1) is 4.92 Å². The summed E-state index contributed by atoms with van der Waals surface area (Å²) in [4.78, 5) is 22.4. The summed E-state index contributed by atoms with van der Waals surface area (Å²) in [5.41, 5.74) is -0.330. The van der Waals surface area contributed by atoms with Gasteiger partial charge in [0.2, 0.25) is 0 Å². The fourth-order valence-electron chi connectivity index (χ4n) is 2.26. The largest absolute Gasteiger partial charge is 0.352 e. The molecule has 1 aliphatic carbocycles. The molecule has 1 aromatic carbocycles. The molecule has 0 heterocycles. The first kappa shape index (κ1) is 14.5. The van der Waals surface area contributed by atoms with Crippen molar-refractivity contribution in [3.63, 3.8) is 0 Å². The van der Waals surface area contributed by atoms with Gasteiger partial charge in [0.15, 0.2) is 0 Å². The molecule has 0 radical (unpaired) electrons. The summed E-state index contributed by atoms with van der Waals surface area (Å²) in [5, 5.41) is 13.7. The number of nitro groups is 1. The van der Waals surface area contributed by atoms with Gasteiger partial charge in [0.1, 0.15) is 10.6 Å². The zero-order valence-corrected chi connectivity index (χ0v) is 11.6. The Balaban J connectivity index is 2.07. The van der Waals surface area contributed by atoms with E-state index in [-0.39, 0.29) is 16.3 Å². The number of halogens is 1. The van der Waals surface area contributed by atoms with Crippen LogP contribution in [0.3, 0.4) is 0 Å². The van der Waals surface area contributed by atoms with Crippen molar-refractivity contribution in [1.29, 1.82) is 0 Å². The van der Waals surface area contributed by atoms with Gasteiger partial charge >= 0.3 is 5.69 Å². The molecular weight excluding hydrogens is 280 g/mol. The fraction of sp³-hybridized carbons (Fsp3) is 0.357. The van der Waals surface area contributed by atoms with Gasteiger partial charge in [-0.2, -0.15) is 0 Å². The molecule has 1 amide bonds. The molecule has 2 rings (SSSR count). The van der Waals surface area contributed by atoms with Crippen LogP contribution < -0.4 is 5.32 Å². The summed E-state index contributed by atoms with van der Waals surface area (Å²) in [7, 11) is 0. The maximum Gasteiger partial charge on any atom is 0.300 e. The lowest BCUT2D eigenvalue weighted by Gasteiger charge is -2.18. The quantitative estimate of drug-likeness (QED) is 0.526. The van der Waals surface area contributed by atoms with E-state index in [1.807, 2.05) is 0 Å². The van der Waals surface area contributed by atoms with Crippen LogP contribution in [0.25, 0.3) is 0 Å². The average molecular weight is 295 g/mol. The zero-order valence-electron chi connectivity index (χ0n) is 10.8. The minimum Gasteiger partial charge on any atom is -0.352 e. The number of hydrogen-bond donors (Lipinski definition) is 1. The Hall–Kier alpha value is -1.88. The molecule has 0 saturated heterocycles. The van der Waals surface area contributed by atoms with E-state index in [1.165, 1.54) is 18.2 Å². The van der Waals surface area contributed by atoms with Crippen LogP contribution in [0.15, 0.2) is 30.4 Å². The number of benzene rings is 1. The molecule has 0 spiro atoms. The van der Waals surface area contributed by atoms with E-state index in [4.69, 9.17) is 11.6 Å². The maximum absolute atomic E-state index is 12.1. The molecule has 6 heteroatoms. The third kappa shape index (κ3) is 3.36. The summed E-state index contributed by atoms with van der Waals surface area (Å²) >= 11 is 5.79. The normalized spacial score (nSPS) is 17.8. The first-order valence-electron chi connectivity index (χ1n) is 6.45. The Morgan fingerprint density at radius 3 is 2.90 bits per heavy atom. The van der Waals surface area contributed by atoms with E-state index in [0.29, 0.717) is 12.5 Å². The lowest BCUT2D eigenvalue weighted by atomic mass is 9.94. The highest BCUT2D eigenvalue weighted by molar-refractivity contribution is 6.33.